The molecule has 1 saturated heterocycles. The van der Waals surface area contributed by atoms with Crippen molar-refractivity contribution in [3.8, 4) is 0 Å². The van der Waals surface area contributed by atoms with Crippen LogP contribution in [0.25, 0.3) is 0 Å². The van der Waals surface area contributed by atoms with Crippen LogP contribution in [0.2, 0.25) is 0 Å². The molecule has 5 heteroatoms. The largest absolute Gasteiger partial charge is 0.344 e. The summed E-state index contributed by atoms with van der Waals surface area (Å²) in [6, 6.07) is 0. The fraction of sp³-hybridized carbons (Fsp3) is 0.667. The molecule has 1 unspecified atom stereocenters. The molecule has 46 valence electrons. The van der Waals surface area contributed by atoms with E-state index < -0.39 is 0 Å². The van der Waals surface area contributed by atoms with Gasteiger partial charge in [-0.25, -0.2) is 0 Å². The molecular formula is C3H6N2O2S. The summed E-state index contributed by atoms with van der Waals surface area (Å²) in [7, 11) is 0. The van der Waals surface area contributed by atoms with Crippen LogP contribution >= 0.6 is 11.8 Å². The van der Waals surface area contributed by atoms with Gasteiger partial charge >= 0.3 is 0 Å². The number of carbonyl (C=O) groups excluding carboxylic acids is 1. The van der Waals surface area contributed by atoms with Gasteiger partial charge < -0.3 is 10.5 Å². The van der Waals surface area contributed by atoms with E-state index in [0.29, 0.717) is 6.54 Å². The molecule has 1 aliphatic heterocycles. The highest BCUT2D eigenvalue weighted by Gasteiger charge is 2.20. The monoisotopic (exact) mass is 134 g/mol. The van der Waals surface area contributed by atoms with Crippen LogP contribution in [0.3, 0.4) is 0 Å². The number of amides is 1. The van der Waals surface area contributed by atoms with Gasteiger partial charge in [-0.1, -0.05) is 0 Å². The van der Waals surface area contributed by atoms with Gasteiger partial charge in [0, 0.05) is 6.54 Å². The van der Waals surface area contributed by atoms with Crippen molar-refractivity contribution in [2.24, 2.45) is 0 Å². The van der Waals surface area contributed by atoms with Crippen molar-refractivity contribution < 1.29 is 10.0 Å². The lowest BCUT2D eigenvalue weighted by atomic mass is 10.6. The smallest absolute Gasteiger partial charge is 0.280 e. The summed E-state index contributed by atoms with van der Waals surface area (Å²) in [5.41, 5.74) is 1.97. The minimum Gasteiger partial charge on any atom is -0.344 e. The average Bonchev–Trinajstić information content (AvgIpc) is 2.14. The van der Waals surface area contributed by atoms with Crippen molar-refractivity contribution in [1.82, 2.24) is 10.8 Å². The third-order valence-corrected chi connectivity index (χ3v) is 1.74. The first-order valence-corrected chi connectivity index (χ1v) is 3.05. The highest BCUT2D eigenvalue weighted by molar-refractivity contribution is 8.14. The lowest BCUT2D eigenvalue weighted by molar-refractivity contribution is 0.159. The topological polar surface area (TPSA) is 61.4 Å². The molecule has 1 heterocycles. The maximum absolute atomic E-state index is 10.3. The predicted molar refractivity (Wildman–Crippen MR) is 29.7 cm³/mol. The Bertz CT molecular complexity index is 107. The summed E-state index contributed by atoms with van der Waals surface area (Å²) in [6.45, 7) is 0.500. The minimum atomic E-state index is -0.164. The van der Waals surface area contributed by atoms with Crippen LogP contribution in [0.1, 0.15) is 0 Å². The molecule has 0 radical (unpaired) electrons. The third kappa shape index (κ3) is 1.12. The highest BCUT2D eigenvalue weighted by Crippen LogP contribution is 2.13. The van der Waals surface area contributed by atoms with Crippen LogP contribution in [0.4, 0.5) is 4.79 Å². The van der Waals surface area contributed by atoms with Crippen LogP contribution < -0.4 is 10.8 Å². The molecule has 0 spiro atoms. The Hall–Kier alpha value is -0.260. The van der Waals surface area contributed by atoms with Crippen LogP contribution in [-0.4, -0.2) is 22.4 Å². The van der Waals surface area contributed by atoms with Gasteiger partial charge in [0.15, 0.2) is 0 Å². The lowest BCUT2D eigenvalue weighted by Gasteiger charge is -1.98. The molecule has 8 heavy (non-hydrogen) atoms. The molecule has 1 amide bonds. The Morgan fingerprint density at radius 3 is 3.00 bits per heavy atom. The zero-order chi connectivity index (χ0) is 5.98. The Balaban J connectivity index is 2.32. The summed E-state index contributed by atoms with van der Waals surface area (Å²) in [5.74, 6) is 0. The molecule has 0 saturated carbocycles. The number of carbonyl (C=O) groups is 1. The van der Waals surface area contributed by atoms with Crippen molar-refractivity contribution in [2.45, 2.75) is 5.37 Å². The first kappa shape index (κ1) is 5.87. The molecule has 1 atom stereocenters. The van der Waals surface area contributed by atoms with E-state index in [1.807, 2.05) is 5.48 Å². The summed E-state index contributed by atoms with van der Waals surface area (Å²) in [4.78, 5) is 10.3. The van der Waals surface area contributed by atoms with Gasteiger partial charge in [0.05, 0.1) is 0 Å². The van der Waals surface area contributed by atoms with E-state index in [2.05, 4.69) is 5.32 Å². The van der Waals surface area contributed by atoms with Gasteiger partial charge in [-0.05, 0) is 11.8 Å². The number of thioether (sulfide) groups is 1. The highest BCUT2D eigenvalue weighted by atomic mass is 32.2. The fourth-order valence-electron chi connectivity index (χ4n) is 0.461. The summed E-state index contributed by atoms with van der Waals surface area (Å²) >= 11 is 1.05. The van der Waals surface area contributed by atoms with Gasteiger partial charge in [0.1, 0.15) is 5.37 Å². The number of rotatable bonds is 1. The van der Waals surface area contributed by atoms with Crippen molar-refractivity contribution in [2.75, 3.05) is 6.54 Å². The second-order valence-electron chi connectivity index (χ2n) is 1.40. The van der Waals surface area contributed by atoms with Gasteiger partial charge in [-0.15, -0.1) is 0 Å². The zero-order valence-electron chi connectivity index (χ0n) is 4.05. The van der Waals surface area contributed by atoms with Crippen molar-refractivity contribution >= 4 is 17.0 Å². The molecule has 3 N–H and O–H groups in total. The molecule has 1 aliphatic rings. The maximum Gasteiger partial charge on any atom is 0.280 e. The van der Waals surface area contributed by atoms with E-state index in [4.69, 9.17) is 5.21 Å². The number of hydrogen-bond acceptors (Lipinski definition) is 4. The second kappa shape index (κ2) is 2.34. The molecule has 0 aromatic heterocycles. The third-order valence-electron chi connectivity index (χ3n) is 0.825. The number of hydroxylamine groups is 1. The van der Waals surface area contributed by atoms with Crippen LogP contribution in [0.15, 0.2) is 0 Å². The first-order chi connectivity index (χ1) is 3.83. The SMILES string of the molecule is O=C1NCC(NO)S1. The first-order valence-electron chi connectivity index (χ1n) is 2.17. The van der Waals surface area contributed by atoms with E-state index in [-0.39, 0.29) is 10.6 Å². The van der Waals surface area contributed by atoms with Crippen LogP contribution in [0, 0.1) is 0 Å². The number of nitrogens with one attached hydrogen (secondary N) is 2. The van der Waals surface area contributed by atoms with Crippen molar-refractivity contribution in [3.05, 3.63) is 0 Å². The molecule has 0 aromatic carbocycles. The summed E-state index contributed by atoms with van der Waals surface area (Å²) < 4.78 is 0. The lowest BCUT2D eigenvalue weighted by Crippen LogP contribution is -2.25. The van der Waals surface area contributed by atoms with Crippen LogP contribution in [0.5, 0.6) is 0 Å². The summed E-state index contributed by atoms with van der Waals surface area (Å²) in [5, 5.41) is 10.5. The number of hydrogen-bond donors (Lipinski definition) is 3. The van der Waals surface area contributed by atoms with Crippen LogP contribution in [-0.2, 0) is 0 Å². The fourth-order valence-corrected chi connectivity index (χ4v) is 1.11. The zero-order valence-corrected chi connectivity index (χ0v) is 4.86. The molecular weight excluding hydrogens is 128 g/mol. The normalized spacial score (nSPS) is 28.1. The van der Waals surface area contributed by atoms with Gasteiger partial charge in [0.2, 0.25) is 0 Å². The molecule has 1 fully saturated rings. The van der Waals surface area contributed by atoms with E-state index in [1.54, 1.807) is 0 Å². The Labute approximate surface area is 50.6 Å². The minimum absolute atomic E-state index is 0.0865. The molecule has 4 nitrogen and oxygen atoms in total. The average molecular weight is 134 g/mol. The Morgan fingerprint density at radius 2 is 2.75 bits per heavy atom. The van der Waals surface area contributed by atoms with E-state index in [0.717, 1.165) is 11.8 Å². The van der Waals surface area contributed by atoms with Crippen molar-refractivity contribution in [3.63, 3.8) is 0 Å². The van der Waals surface area contributed by atoms with Gasteiger partial charge in [-0.3, -0.25) is 4.79 Å². The Kier molecular flexibility index (Phi) is 1.72. The predicted octanol–water partition coefficient (Wildman–Crippen LogP) is -0.252. The second-order valence-corrected chi connectivity index (χ2v) is 2.58. The quantitative estimate of drug-likeness (QED) is 0.433. The molecule has 0 aliphatic carbocycles. The standard InChI is InChI=1S/C3H6N2O2S/c6-3-4-1-2(5-7)8-3/h2,5,7H,1H2,(H,4,6). The molecule has 1 rings (SSSR count). The van der Waals surface area contributed by atoms with Gasteiger partial charge in [0.25, 0.3) is 5.24 Å². The van der Waals surface area contributed by atoms with E-state index in [1.165, 1.54) is 0 Å². The molecule has 0 bridgehead atoms. The molecule has 0 aromatic rings. The summed E-state index contributed by atoms with van der Waals surface area (Å²) in [6.07, 6.45) is 0. The van der Waals surface area contributed by atoms with Crippen molar-refractivity contribution in [1.29, 1.82) is 0 Å². The maximum atomic E-state index is 10.3. The van der Waals surface area contributed by atoms with E-state index >= 15 is 0 Å². The van der Waals surface area contributed by atoms with E-state index in [9.17, 15) is 4.79 Å². The van der Waals surface area contributed by atoms with Gasteiger partial charge in [-0.2, -0.15) is 5.48 Å². The Morgan fingerprint density at radius 1 is 2.00 bits per heavy atom.